The summed E-state index contributed by atoms with van der Waals surface area (Å²) < 4.78 is 0. The second kappa shape index (κ2) is 5.80. The van der Waals surface area contributed by atoms with Gasteiger partial charge < -0.3 is 9.80 Å². The molecule has 1 aliphatic rings. The Kier molecular flexibility index (Phi) is 4.35. The van der Waals surface area contributed by atoms with Gasteiger partial charge in [-0.3, -0.25) is 4.79 Å². The standard InChI is InChI=1S/C13H21N3OS/c1-4-11-12(9-17)18-13(14-11)16(3)10-5-7-15(2)8-6-10/h9-10H,4-8H2,1-3H3. The molecule has 1 aromatic heterocycles. The maximum atomic E-state index is 11.0. The predicted octanol–water partition coefficient (Wildman–Crippen LogP) is 2.05. The Morgan fingerprint density at radius 1 is 1.50 bits per heavy atom. The van der Waals surface area contributed by atoms with Crippen molar-refractivity contribution in [2.45, 2.75) is 32.2 Å². The molecule has 0 N–H and O–H groups in total. The first-order valence-electron chi connectivity index (χ1n) is 6.52. The van der Waals surface area contributed by atoms with Crippen LogP contribution in [0.25, 0.3) is 0 Å². The Balaban J connectivity index is 2.10. The largest absolute Gasteiger partial charge is 0.348 e. The Hall–Kier alpha value is -0.940. The molecule has 1 saturated heterocycles. The highest BCUT2D eigenvalue weighted by molar-refractivity contribution is 7.17. The van der Waals surface area contributed by atoms with Crippen LogP contribution in [0.2, 0.25) is 0 Å². The van der Waals surface area contributed by atoms with Crippen LogP contribution in [0.4, 0.5) is 5.13 Å². The second-order valence-electron chi connectivity index (χ2n) is 4.92. The topological polar surface area (TPSA) is 36.4 Å². The summed E-state index contributed by atoms with van der Waals surface area (Å²) >= 11 is 1.52. The van der Waals surface area contributed by atoms with E-state index >= 15 is 0 Å². The highest BCUT2D eigenvalue weighted by atomic mass is 32.1. The summed E-state index contributed by atoms with van der Waals surface area (Å²) in [5, 5.41) is 0.989. The van der Waals surface area contributed by atoms with Gasteiger partial charge in [-0.1, -0.05) is 18.3 Å². The molecule has 2 heterocycles. The fourth-order valence-corrected chi connectivity index (χ4v) is 3.39. The molecule has 0 bridgehead atoms. The van der Waals surface area contributed by atoms with Crippen LogP contribution in [0.5, 0.6) is 0 Å². The van der Waals surface area contributed by atoms with Crippen molar-refractivity contribution in [1.29, 1.82) is 0 Å². The summed E-state index contributed by atoms with van der Waals surface area (Å²) in [5.74, 6) is 0. The number of rotatable bonds is 4. The Morgan fingerprint density at radius 3 is 2.67 bits per heavy atom. The number of piperidine rings is 1. The van der Waals surface area contributed by atoms with Gasteiger partial charge >= 0.3 is 0 Å². The van der Waals surface area contributed by atoms with E-state index in [2.05, 4.69) is 28.9 Å². The lowest BCUT2D eigenvalue weighted by Gasteiger charge is -2.34. The maximum absolute atomic E-state index is 11.0. The number of anilines is 1. The van der Waals surface area contributed by atoms with Crippen LogP contribution in [0.15, 0.2) is 0 Å². The van der Waals surface area contributed by atoms with E-state index in [9.17, 15) is 4.79 Å². The zero-order valence-corrected chi connectivity index (χ0v) is 12.2. The fourth-order valence-electron chi connectivity index (χ4n) is 2.39. The molecule has 18 heavy (non-hydrogen) atoms. The van der Waals surface area contributed by atoms with E-state index in [1.807, 2.05) is 6.92 Å². The number of likely N-dealkylation sites (tertiary alicyclic amines) is 1. The van der Waals surface area contributed by atoms with Crippen molar-refractivity contribution in [3.8, 4) is 0 Å². The number of carbonyl (C=O) groups is 1. The normalized spacial score (nSPS) is 17.9. The average Bonchev–Trinajstić information content (AvgIpc) is 2.82. The van der Waals surface area contributed by atoms with Gasteiger partial charge in [-0.25, -0.2) is 4.98 Å². The summed E-state index contributed by atoms with van der Waals surface area (Å²) in [5.41, 5.74) is 0.935. The second-order valence-corrected chi connectivity index (χ2v) is 5.93. The Morgan fingerprint density at radius 2 is 2.17 bits per heavy atom. The molecule has 0 aliphatic carbocycles. The predicted molar refractivity (Wildman–Crippen MR) is 75.8 cm³/mol. The number of hydrogen-bond donors (Lipinski definition) is 0. The van der Waals surface area contributed by atoms with Crippen LogP contribution < -0.4 is 4.90 Å². The molecule has 1 fully saturated rings. The number of carbonyl (C=O) groups excluding carboxylic acids is 1. The molecule has 0 amide bonds. The van der Waals surface area contributed by atoms with Crippen LogP contribution in [-0.4, -0.2) is 49.4 Å². The van der Waals surface area contributed by atoms with Gasteiger partial charge in [0, 0.05) is 13.1 Å². The summed E-state index contributed by atoms with van der Waals surface area (Å²) in [6.07, 6.45) is 4.10. The number of nitrogens with zero attached hydrogens (tertiary/aromatic N) is 3. The van der Waals surface area contributed by atoms with Crippen LogP contribution in [-0.2, 0) is 6.42 Å². The highest BCUT2D eigenvalue weighted by Crippen LogP contribution is 2.28. The van der Waals surface area contributed by atoms with Gasteiger partial charge in [0.05, 0.1) is 10.6 Å². The number of aldehydes is 1. The minimum absolute atomic E-state index is 0.552. The fraction of sp³-hybridized carbons (Fsp3) is 0.692. The first kappa shape index (κ1) is 13.5. The van der Waals surface area contributed by atoms with Crippen molar-refractivity contribution in [2.75, 3.05) is 32.1 Å². The molecule has 0 spiro atoms. The van der Waals surface area contributed by atoms with E-state index in [1.54, 1.807) is 0 Å². The molecule has 1 aromatic rings. The van der Waals surface area contributed by atoms with E-state index in [0.29, 0.717) is 6.04 Å². The van der Waals surface area contributed by atoms with Crippen molar-refractivity contribution in [3.63, 3.8) is 0 Å². The third-order valence-corrected chi connectivity index (χ3v) is 4.81. The minimum atomic E-state index is 0.552. The van der Waals surface area contributed by atoms with E-state index < -0.39 is 0 Å². The number of aromatic nitrogens is 1. The smallest absolute Gasteiger partial charge is 0.186 e. The first-order valence-corrected chi connectivity index (χ1v) is 7.33. The average molecular weight is 267 g/mol. The zero-order chi connectivity index (χ0) is 13.1. The summed E-state index contributed by atoms with van der Waals surface area (Å²) in [6.45, 7) is 4.32. The monoisotopic (exact) mass is 267 g/mol. The molecule has 5 heteroatoms. The van der Waals surface area contributed by atoms with E-state index in [1.165, 1.54) is 24.2 Å². The van der Waals surface area contributed by atoms with Gasteiger partial charge in [0.15, 0.2) is 11.4 Å². The lowest BCUT2D eigenvalue weighted by Crippen LogP contribution is -2.41. The molecule has 0 atom stereocenters. The Labute approximate surface area is 113 Å². The van der Waals surface area contributed by atoms with Crippen molar-refractivity contribution < 1.29 is 4.79 Å². The van der Waals surface area contributed by atoms with Gasteiger partial charge in [0.25, 0.3) is 0 Å². The van der Waals surface area contributed by atoms with Gasteiger partial charge in [-0.15, -0.1) is 0 Å². The van der Waals surface area contributed by atoms with Gasteiger partial charge in [0.1, 0.15) is 0 Å². The van der Waals surface area contributed by atoms with E-state index in [0.717, 1.165) is 41.5 Å². The van der Waals surface area contributed by atoms with Crippen molar-refractivity contribution in [2.24, 2.45) is 0 Å². The molecule has 4 nitrogen and oxygen atoms in total. The minimum Gasteiger partial charge on any atom is -0.348 e. The number of hydrogen-bond acceptors (Lipinski definition) is 5. The molecule has 0 radical (unpaired) electrons. The van der Waals surface area contributed by atoms with Crippen LogP contribution >= 0.6 is 11.3 Å². The molecule has 0 aromatic carbocycles. The van der Waals surface area contributed by atoms with E-state index in [4.69, 9.17) is 0 Å². The van der Waals surface area contributed by atoms with Gasteiger partial charge in [-0.05, 0) is 39.4 Å². The number of thiazole rings is 1. The summed E-state index contributed by atoms with van der Waals surface area (Å²) in [4.78, 5) is 21.0. The van der Waals surface area contributed by atoms with Crippen molar-refractivity contribution in [1.82, 2.24) is 9.88 Å². The molecular formula is C13H21N3OS. The number of aryl methyl sites for hydroxylation is 1. The van der Waals surface area contributed by atoms with Crippen LogP contribution in [0.1, 0.15) is 35.1 Å². The van der Waals surface area contributed by atoms with Crippen molar-refractivity contribution >= 4 is 22.8 Å². The third kappa shape index (κ3) is 2.72. The molecule has 2 rings (SSSR count). The summed E-state index contributed by atoms with van der Waals surface area (Å²) in [7, 11) is 4.27. The third-order valence-electron chi connectivity index (χ3n) is 3.70. The zero-order valence-electron chi connectivity index (χ0n) is 11.3. The summed E-state index contributed by atoms with van der Waals surface area (Å²) in [6, 6.07) is 0.552. The molecule has 100 valence electrons. The highest BCUT2D eigenvalue weighted by Gasteiger charge is 2.23. The van der Waals surface area contributed by atoms with E-state index in [-0.39, 0.29) is 0 Å². The Bertz CT molecular complexity index is 410. The molecular weight excluding hydrogens is 246 g/mol. The molecule has 0 saturated carbocycles. The quantitative estimate of drug-likeness (QED) is 0.782. The molecule has 0 unspecified atom stereocenters. The van der Waals surface area contributed by atoms with Gasteiger partial charge in [-0.2, -0.15) is 0 Å². The maximum Gasteiger partial charge on any atom is 0.186 e. The lowest BCUT2D eigenvalue weighted by molar-refractivity contribution is 0.112. The first-order chi connectivity index (χ1) is 8.65. The SMILES string of the molecule is CCc1nc(N(C)C2CCN(C)CC2)sc1C=O. The van der Waals surface area contributed by atoms with Crippen LogP contribution in [0, 0.1) is 0 Å². The molecule has 1 aliphatic heterocycles. The van der Waals surface area contributed by atoms with Gasteiger partial charge in [0.2, 0.25) is 0 Å². The van der Waals surface area contributed by atoms with Crippen LogP contribution in [0.3, 0.4) is 0 Å². The lowest BCUT2D eigenvalue weighted by atomic mass is 10.0. The van der Waals surface area contributed by atoms with Crippen molar-refractivity contribution in [3.05, 3.63) is 10.6 Å².